The van der Waals surface area contributed by atoms with Gasteiger partial charge in [-0.2, -0.15) is 0 Å². The Morgan fingerprint density at radius 3 is 2.65 bits per heavy atom. The molecule has 1 fully saturated rings. The van der Waals surface area contributed by atoms with Gasteiger partial charge in [0.15, 0.2) is 0 Å². The summed E-state index contributed by atoms with van der Waals surface area (Å²) in [6.45, 7) is 2.42. The lowest BCUT2D eigenvalue weighted by Gasteiger charge is -2.35. The maximum absolute atomic E-state index is 12.1. The Morgan fingerprint density at radius 1 is 1.18 bits per heavy atom. The van der Waals surface area contributed by atoms with E-state index in [0.717, 1.165) is 19.4 Å². The highest BCUT2D eigenvalue weighted by Gasteiger charge is 2.30. The number of hydrogen-bond donors (Lipinski definition) is 1. The largest absolute Gasteiger partial charge is 0.481 e. The lowest BCUT2D eigenvalue weighted by molar-refractivity contribution is -0.143. The van der Waals surface area contributed by atoms with Crippen molar-refractivity contribution in [3.05, 3.63) is 12.2 Å². The van der Waals surface area contributed by atoms with Gasteiger partial charge >= 0.3 is 12.0 Å². The van der Waals surface area contributed by atoms with Crippen molar-refractivity contribution in [3.8, 4) is 0 Å². The first kappa shape index (κ1) is 12.0. The smallest absolute Gasteiger partial charge is 0.320 e. The van der Waals surface area contributed by atoms with Crippen LogP contribution >= 0.6 is 0 Å². The van der Waals surface area contributed by atoms with Gasteiger partial charge in [-0.3, -0.25) is 4.79 Å². The Hall–Kier alpha value is -1.52. The second kappa shape index (κ2) is 5.21. The Morgan fingerprint density at radius 2 is 2.00 bits per heavy atom. The third kappa shape index (κ3) is 2.78. The molecule has 1 saturated heterocycles. The zero-order valence-corrected chi connectivity index (χ0v) is 9.84. The average molecular weight is 238 g/mol. The molecule has 2 amide bonds. The molecule has 2 aliphatic rings. The number of likely N-dealkylation sites (tertiary alicyclic amines) is 1. The van der Waals surface area contributed by atoms with Crippen molar-refractivity contribution < 1.29 is 14.7 Å². The molecule has 0 aromatic rings. The number of carboxylic acid groups (broad SMARTS) is 1. The molecule has 1 atom stereocenters. The molecule has 0 saturated carbocycles. The molecule has 17 heavy (non-hydrogen) atoms. The van der Waals surface area contributed by atoms with Crippen LogP contribution in [-0.2, 0) is 4.79 Å². The highest BCUT2D eigenvalue weighted by atomic mass is 16.4. The molecule has 0 spiro atoms. The van der Waals surface area contributed by atoms with E-state index in [-0.39, 0.29) is 6.03 Å². The molecular weight excluding hydrogens is 220 g/mol. The first-order chi connectivity index (χ1) is 8.18. The number of aliphatic carboxylic acids is 1. The highest BCUT2D eigenvalue weighted by molar-refractivity contribution is 5.77. The van der Waals surface area contributed by atoms with Crippen molar-refractivity contribution in [2.45, 2.75) is 19.3 Å². The lowest BCUT2D eigenvalue weighted by atomic mass is 9.98. The van der Waals surface area contributed by atoms with E-state index in [1.165, 1.54) is 0 Å². The summed E-state index contributed by atoms with van der Waals surface area (Å²) in [6, 6.07) is -0.0136. The van der Waals surface area contributed by atoms with Crippen molar-refractivity contribution in [1.82, 2.24) is 9.80 Å². The van der Waals surface area contributed by atoms with Crippen LogP contribution in [0, 0.1) is 5.92 Å². The van der Waals surface area contributed by atoms with Crippen molar-refractivity contribution in [2.75, 3.05) is 26.2 Å². The number of carboxylic acids is 1. The number of hydrogen-bond acceptors (Lipinski definition) is 2. The normalized spacial score (nSPS) is 24.8. The van der Waals surface area contributed by atoms with Crippen LogP contribution in [0.3, 0.4) is 0 Å². The first-order valence-electron chi connectivity index (χ1n) is 6.10. The summed E-state index contributed by atoms with van der Waals surface area (Å²) in [5.74, 6) is -1.19. The van der Waals surface area contributed by atoms with Crippen molar-refractivity contribution in [3.63, 3.8) is 0 Å². The van der Waals surface area contributed by atoms with Gasteiger partial charge in [0.1, 0.15) is 0 Å². The first-order valence-corrected chi connectivity index (χ1v) is 6.10. The van der Waals surface area contributed by atoms with Gasteiger partial charge in [0.05, 0.1) is 5.92 Å². The van der Waals surface area contributed by atoms with Gasteiger partial charge in [0, 0.05) is 26.2 Å². The standard InChI is InChI=1S/C12H18N2O3/c15-11(16)10-5-4-8-14(9-10)12(17)13-6-2-1-3-7-13/h1-2,10H,3-9H2,(H,15,16)/t10-/m1/s1. The Labute approximate surface area is 101 Å². The zero-order chi connectivity index (χ0) is 12.3. The molecule has 0 unspecified atom stereocenters. The third-order valence-electron chi connectivity index (χ3n) is 3.37. The molecule has 94 valence electrons. The molecule has 0 aromatic heterocycles. The van der Waals surface area contributed by atoms with Crippen LogP contribution in [-0.4, -0.2) is 53.1 Å². The van der Waals surface area contributed by atoms with Crippen LogP contribution in [0.2, 0.25) is 0 Å². The van der Waals surface area contributed by atoms with Crippen molar-refractivity contribution in [2.24, 2.45) is 5.92 Å². The van der Waals surface area contributed by atoms with Gasteiger partial charge in [-0.15, -0.1) is 0 Å². The minimum absolute atomic E-state index is 0.0136. The molecule has 0 bridgehead atoms. The zero-order valence-electron chi connectivity index (χ0n) is 9.84. The van der Waals surface area contributed by atoms with Gasteiger partial charge in [0.2, 0.25) is 0 Å². The van der Waals surface area contributed by atoms with Crippen LogP contribution in [0.4, 0.5) is 4.79 Å². The minimum atomic E-state index is -0.791. The number of amides is 2. The van der Waals surface area contributed by atoms with Crippen LogP contribution in [0.15, 0.2) is 12.2 Å². The van der Waals surface area contributed by atoms with E-state index in [4.69, 9.17) is 5.11 Å². The van der Waals surface area contributed by atoms with Crippen LogP contribution in [0.5, 0.6) is 0 Å². The molecule has 2 aliphatic heterocycles. The predicted octanol–water partition coefficient (Wildman–Crippen LogP) is 1.16. The summed E-state index contributed by atoms with van der Waals surface area (Å²) in [7, 11) is 0. The lowest BCUT2D eigenvalue weighted by Crippen LogP contribution is -2.49. The molecule has 2 heterocycles. The summed E-state index contributed by atoms with van der Waals surface area (Å²) < 4.78 is 0. The van der Waals surface area contributed by atoms with E-state index in [0.29, 0.717) is 26.1 Å². The van der Waals surface area contributed by atoms with Crippen LogP contribution in [0.25, 0.3) is 0 Å². The van der Waals surface area contributed by atoms with E-state index < -0.39 is 11.9 Å². The molecular formula is C12H18N2O3. The molecule has 0 radical (unpaired) electrons. The predicted molar refractivity (Wildman–Crippen MR) is 62.7 cm³/mol. The topological polar surface area (TPSA) is 60.9 Å². The fourth-order valence-electron chi connectivity index (χ4n) is 2.37. The number of carbonyl (C=O) groups is 2. The quantitative estimate of drug-likeness (QED) is 0.697. The summed E-state index contributed by atoms with van der Waals surface area (Å²) >= 11 is 0. The second-order valence-corrected chi connectivity index (χ2v) is 4.61. The maximum Gasteiger partial charge on any atom is 0.320 e. The molecule has 0 aromatic carbocycles. The average Bonchev–Trinajstić information content (AvgIpc) is 2.39. The number of nitrogens with zero attached hydrogens (tertiary/aromatic N) is 2. The van der Waals surface area contributed by atoms with Crippen LogP contribution < -0.4 is 0 Å². The Kier molecular flexibility index (Phi) is 3.66. The van der Waals surface area contributed by atoms with Crippen molar-refractivity contribution >= 4 is 12.0 Å². The molecule has 5 nitrogen and oxygen atoms in total. The van der Waals surface area contributed by atoms with E-state index in [9.17, 15) is 9.59 Å². The minimum Gasteiger partial charge on any atom is -0.481 e. The Balaban J connectivity index is 1.94. The highest BCUT2D eigenvalue weighted by Crippen LogP contribution is 2.18. The third-order valence-corrected chi connectivity index (χ3v) is 3.37. The summed E-state index contributed by atoms with van der Waals surface area (Å²) in [4.78, 5) is 26.5. The molecule has 2 rings (SSSR count). The van der Waals surface area contributed by atoms with Gasteiger partial charge < -0.3 is 14.9 Å². The van der Waals surface area contributed by atoms with Crippen molar-refractivity contribution in [1.29, 1.82) is 0 Å². The summed E-state index contributed by atoms with van der Waals surface area (Å²) in [6.07, 6.45) is 6.41. The van der Waals surface area contributed by atoms with Gasteiger partial charge in [0.25, 0.3) is 0 Å². The fraction of sp³-hybridized carbons (Fsp3) is 0.667. The monoisotopic (exact) mass is 238 g/mol. The molecule has 5 heteroatoms. The number of piperidine rings is 1. The van der Waals surface area contributed by atoms with Gasteiger partial charge in [-0.05, 0) is 19.3 Å². The van der Waals surface area contributed by atoms with Gasteiger partial charge in [-0.25, -0.2) is 4.79 Å². The molecule has 1 N–H and O–H groups in total. The van der Waals surface area contributed by atoms with E-state index in [2.05, 4.69) is 6.08 Å². The van der Waals surface area contributed by atoms with E-state index in [1.54, 1.807) is 9.80 Å². The van der Waals surface area contributed by atoms with E-state index >= 15 is 0 Å². The Bertz CT molecular complexity index is 341. The summed E-state index contributed by atoms with van der Waals surface area (Å²) in [5.41, 5.74) is 0. The number of rotatable bonds is 1. The summed E-state index contributed by atoms with van der Waals surface area (Å²) in [5, 5.41) is 8.99. The maximum atomic E-state index is 12.1. The van der Waals surface area contributed by atoms with E-state index in [1.807, 2.05) is 6.08 Å². The fourth-order valence-corrected chi connectivity index (χ4v) is 2.37. The number of urea groups is 1. The number of carbonyl (C=O) groups excluding carboxylic acids is 1. The second-order valence-electron chi connectivity index (χ2n) is 4.61. The molecule has 0 aliphatic carbocycles. The SMILES string of the molecule is O=C(O)[C@@H]1CCCN(C(=O)N2CC=CCC2)C1. The van der Waals surface area contributed by atoms with Crippen LogP contribution in [0.1, 0.15) is 19.3 Å². The van der Waals surface area contributed by atoms with Gasteiger partial charge in [-0.1, -0.05) is 12.2 Å².